The summed E-state index contributed by atoms with van der Waals surface area (Å²) in [4.78, 5) is 8.50. The monoisotopic (exact) mass is 232 g/mol. The number of nitrogens with zero attached hydrogens (tertiary/aromatic N) is 3. The molecule has 0 saturated carbocycles. The van der Waals surface area contributed by atoms with Crippen molar-refractivity contribution in [2.75, 3.05) is 0 Å². The second-order valence-electron chi connectivity index (χ2n) is 4.41. The second-order valence-corrected chi connectivity index (χ2v) is 4.41. The lowest BCUT2D eigenvalue weighted by Crippen LogP contribution is -2.32. The minimum Gasteiger partial charge on any atom is -0.337 e. The van der Waals surface area contributed by atoms with Gasteiger partial charge in [-0.2, -0.15) is 4.98 Å². The zero-order valence-corrected chi connectivity index (χ0v) is 10.3. The molecule has 17 heavy (non-hydrogen) atoms. The number of pyridine rings is 1. The van der Waals surface area contributed by atoms with E-state index in [0.29, 0.717) is 17.4 Å². The summed E-state index contributed by atoms with van der Waals surface area (Å²) < 4.78 is 5.19. The first-order valence-corrected chi connectivity index (χ1v) is 5.59. The van der Waals surface area contributed by atoms with Gasteiger partial charge in [0.25, 0.3) is 0 Å². The highest BCUT2D eigenvalue weighted by molar-refractivity contribution is 5.49. The molecule has 0 aliphatic carbocycles. The highest BCUT2D eigenvalue weighted by Gasteiger charge is 2.26. The number of aromatic nitrogens is 3. The van der Waals surface area contributed by atoms with Crippen LogP contribution >= 0.6 is 0 Å². The number of hydrogen-bond donors (Lipinski definition) is 1. The van der Waals surface area contributed by atoms with Gasteiger partial charge in [-0.3, -0.25) is 4.98 Å². The van der Waals surface area contributed by atoms with Crippen LogP contribution in [-0.2, 0) is 5.54 Å². The Morgan fingerprint density at radius 3 is 2.88 bits per heavy atom. The van der Waals surface area contributed by atoms with Crippen molar-refractivity contribution in [2.45, 2.75) is 32.7 Å². The molecule has 0 saturated heterocycles. The van der Waals surface area contributed by atoms with E-state index in [0.717, 1.165) is 12.0 Å². The molecule has 0 amide bonds. The van der Waals surface area contributed by atoms with Crippen molar-refractivity contribution in [3.05, 3.63) is 29.8 Å². The third-order valence-electron chi connectivity index (χ3n) is 2.79. The smallest absolute Gasteiger partial charge is 0.246 e. The van der Waals surface area contributed by atoms with Crippen LogP contribution in [0.5, 0.6) is 0 Å². The van der Waals surface area contributed by atoms with Crippen LogP contribution < -0.4 is 5.73 Å². The standard InChI is InChI=1S/C12H16N4O/c1-4-12(3,13)11-15-10(16-17-11)9-7-8(2)5-6-14-9/h5-7H,4,13H2,1-3H3. The van der Waals surface area contributed by atoms with Gasteiger partial charge in [-0.25, -0.2) is 0 Å². The maximum atomic E-state index is 6.04. The van der Waals surface area contributed by atoms with Crippen molar-refractivity contribution in [3.63, 3.8) is 0 Å². The fourth-order valence-corrected chi connectivity index (χ4v) is 1.37. The van der Waals surface area contributed by atoms with E-state index in [2.05, 4.69) is 15.1 Å². The Kier molecular flexibility index (Phi) is 2.93. The summed E-state index contributed by atoms with van der Waals surface area (Å²) in [5.41, 5.74) is 7.26. The third-order valence-corrected chi connectivity index (χ3v) is 2.79. The van der Waals surface area contributed by atoms with Crippen molar-refractivity contribution >= 4 is 0 Å². The average molecular weight is 232 g/mol. The number of nitrogens with two attached hydrogens (primary N) is 1. The average Bonchev–Trinajstić information content (AvgIpc) is 2.79. The summed E-state index contributed by atoms with van der Waals surface area (Å²) in [6, 6.07) is 3.83. The van der Waals surface area contributed by atoms with E-state index >= 15 is 0 Å². The summed E-state index contributed by atoms with van der Waals surface area (Å²) in [7, 11) is 0. The maximum Gasteiger partial charge on any atom is 0.246 e. The van der Waals surface area contributed by atoms with Crippen molar-refractivity contribution in [1.82, 2.24) is 15.1 Å². The number of hydrogen-bond acceptors (Lipinski definition) is 5. The molecule has 2 heterocycles. The zero-order chi connectivity index (χ0) is 12.5. The Bertz CT molecular complexity index is 519. The highest BCUT2D eigenvalue weighted by Crippen LogP contribution is 2.22. The highest BCUT2D eigenvalue weighted by atomic mass is 16.5. The first-order chi connectivity index (χ1) is 8.03. The molecule has 0 bridgehead atoms. The summed E-state index contributed by atoms with van der Waals surface area (Å²) in [6.45, 7) is 5.84. The van der Waals surface area contributed by atoms with E-state index in [1.165, 1.54) is 0 Å². The van der Waals surface area contributed by atoms with Crippen LogP contribution in [0.15, 0.2) is 22.9 Å². The molecule has 90 valence electrons. The number of rotatable bonds is 3. The van der Waals surface area contributed by atoms with Gasteiger partial charge in [0, 0.05) is 6.20 Å². The van der Waals surface area contributed by atoms with Crippen LogP contribution in [-0.4, -0.2) is 15.1 Å². The second kappa shape index (κ2) is 4.25. The lowest BCUT2D eigenvalue weighted by molar-refractivity contribution is 0.291. The van der Waals surface area contributed by atoms with Crippen LogP contribution in [0.4, 0.5) is 0 Å². The van der Waals surface area contributed by atoms with Crippen molar-refractivity contribution in [1.29, 1.82) is 0 Å². The van der Waals surface area contributed by atoms with Crippen LogP contribution in [0.25, 0.3) is 11.5 Å². The SMILES string of the molecule is CCC(C)(N)c1nc(-c2cc(C)ccn2)no1. The molecule has 0 aromatic carbocycles. The first kappa shape index (κ1) is 11.7. The van der Waals surface area contributed by atoms with Crippen LogP contribution in [0.1, 0.15) is 31.7 Å². The summed E-state index contributed by atoms with van der Waals surface area (Å²) in [5.74, 6) is 0.923. The minimum absolute atomic E-state index is 0.443. The minimum atomic E-state index is -0.588. The molecule has 5 heteroatoms. The molecule has 2 N–H and O–H groups in total. The first-order valence-electron chi connectivity index (χ1n) is 5.59. The van der Waals surface area contributed by atoms with Crippen molar-refractivity contribution < 1.29 is 4.52 Å². The predicted molar refractivity (Wildman–Crippen MR) is 64.1 cm³/mol. The van der Waals surface area contributed by atoms with Gasteiger partial charge in [0.15, 0.2) is 0 Å². The van der Waals surface area contributed by atoms with Crippen LogP contribution in [0, 0.1) is 6.92 Å². The predicted octanol–water partition coefficient (Wildman–Crippen LogP) is 2.02. The molecule has 0 aliphatic rings. The van der Waals surface area contributed by atoms with Gasteiger partial charge in [-0.05, 0) is 38.0 Å². The molecule has 2 aromatic rings. The molecular weight excluding hydrogens is 216 g/mol. The molecule has 0 spiro atoms. The lowest BCUT2D eigenvalue weighted by Gasteiger charge is -2.16. The zero-order valence-electron chi connectivity index (χ0n) is 10.3. The van der Waals surface area contributed by atoms with Gasteiger partial charge in [0.1, 0.15) is 5.69 Å². The fraction of sp³-hybridized carbons (Fsp3) is 0.417. The lowest BCUT2D eigenvalue weighted by atomic mass is 10.0. The molecule has 1 unspecified atom stereocenters. The van der Waals surface area contributed by atoms with Gasteiger partial charge in [0.05, 0.1) is 5.54 Å². The Hall–Kier alpha value is -1.75. The topological polar surface area (TPSA) is 77.8 Å². The molecular formula is C12H16N4O. The van der Waals surface area contributed by atoms with Gasteiger partial charge in [0.2, 0.25) is 11.7 Å². The van der Waals surface area contributed by atoms with E-state index in [4.69, 9.17) is 10.3 Å². The van der Waals surface area contributed by atoms with E-state index in [1.54, 1.807) is 6.20 Å². The Morgan fingerprint density at radius 1 is 1.47 bits per heavy atom. The molecule has 0 fully saturated rings. The van der Waals surface area contributed by atoms with Gasteiger partial charge in [-0.1, -0.05) is 12.1 Å². The molecule has 5 nitrogen and oxygen atoms in total. The maximum absolute atomic E-state index is 6.04. The number of aryl methyl sites for hydroxylation is 1. The van der Waals surface area contributed by atoms with Crippen LogP contribution in [0.2, 0.25) is 0 Å². The Balaban J connectivity index is 2.36. The van der Waals surface area contributed by atoms with Crippen LogP contribution in [0.3, 0.4) is 0 Å². The normalized spacial score (nSPS) is 14.6. The third kappa shape index (κ3) is 2.34. The molecule has 0 radical (unpaired) electrons. The van der Waals surface area contributed by atoms with Crippen molar-refractivity contribution in [3.8, 4) is 11.5 Å². The molecule has 1 atom stereocenters. The molecule has 2 aromatic heterocycles. The molecule has 2 rings (SSSR count). The quantitative estimate of drug-likeness (QED) is 0.876. The largest absolute Gasteiger partial charge is 0.337 e. The van der Waals surface area contributed by atoms with E-state index in [9.17, 15) is 0 Å². The summed E-state index contributed by atoms with van der Waals surface area (Å²) >= 11 is 0. The molecule has 0 aliphatic heterocycles. The van der Waals surface area contributed by atoms with Gasteiger partial charge in [-0.15, -0.1) is 0 Å². The van der Waals surface area contributed by atoms with E-state index in [1.807, 2.05) is 32.9 Å². The Labute approximate surface area is 100 Å². The summed E-state index contributed by atoms with van der Waals surface area (Å²) in [6.07, 6.45) is 2.46. The van der Waals surface area contributed by atoms with Crippen molar-refractivity contribution in [2.24, 2.45) is 5.73 Å². The summed E-state index contributed by atoms with van der Waals surface area (Å²) in [5, 5.41) is 3.91. The van der Waals surface area contributed by atoms with E-state index in [-0.39, 0.29) is 0 Å². The fourth-order valence-electron chi connectivity index (χ4n) is 1.37. The van der Waals surface area contributed by atoms with Gasteiger partial charge >= 0.3 is 0 Å². The van der Waals surface area contributed by atoms with Gasteiger partial charge < -0.3 is 10.3 Å². The Morgan fingerprint density at radius 2 is 2.24 bits per heavy atom. The van der Waals surface area contributed by atoms with E-state index < -0.39 is 5.54 Å².